The summed E-state index contributed by atoms with van der Waals surface area (Å²) in [7, 11) is 0. The lowest BCUT2D eigenvalue weighted by molar-refractivity contribution is -0.0107. The zero-order valence-electron chi connectivity index (χ0n) is 15.9. The van der Waals surface area contributed by atoms with Gasteiger partial charge >= 0.3 is 6.09 Å². The number of hydrogen-bond donors (Lipinski definition) is 1. The summed E-state index contributed by atoms with van der Waals surface area (Å²) in [6.07, 6.45) is 0.597. The second-order valence-corrected chi connectivity index (χ2v) is 8.68. The lowest BCUT2D eigenvalue weighted by atomic mass is 9.74. The van der Waals surface area contributed by atoms with Gasteiger partial charge in [0.25, 0.3) is 0 Å². The number of benzene rings is 1. The van der Waals surface area contributed by atoms with E-state index in [1.165, 1.54) is 5.56 Å². The number of amides is 1. The predicted molar refractivity (Wildman–Crippen MR) is 97.6 cm³/mol. The number of ether oxygens (including phenoxy) is 1. The lowest BCUT2D eigenvalue weighted by Gasteiger charge is -2.47. The van der Waals surface area contributed by atoms with Crippen molar-refractivity contribution < 1.29 is 9.53 Å². The Hall–Kier alpha value is -1.55. The summed E-state index contributed by atoms with van der Waals surface area (Å²) in [5, 5.41) is 3.08. The summed E-state index contributed by atoms with van der Waals surface area (Å²) in [6, 6.07) is 10.4. The zero-order chi connectivity index (χ0) is 18.0. The molecule has 1 saturated heterocycles. The van der Waals surface area contributed by atoms with Gasteiger partial charge in [-0.15, -0.1) is 0 Å². The highest BCUT2D eigenvalue weighted by atomic mass is 16.6. The van der Waals surface area contributed by atoms with Crippen molar-refractivity contribution in [1.82, 2.24) is 10.2 Å². The predicted octanol–water partition coefficient (Wildman–Crippen LogP) is 4.41. The van der Waals surface area contributed by atoms with Crippen molar-refractivity contribution in [2.24, 2.45) is 11.3 Å². The van der Waals surface area contributed by atoms with E-state index >= 15 is 0 Å². The van der Waals surface area contributed by atoms with E-state index < -0.39 is 5.60 Å². The van der Waals surface area contributed by atoms with Crippen molar-refractivity contribution in [3.63, 3.8) is 0 Å². The minimum Gasteiger partial charge on any atom is -0.444 e. The molecule has 4 heteroatoms. The molecule has 0 bridgehead atoms. The number of piperidine rings is 1. The van der Waals surface area contributed by atoms with Crippen LogP contribution in [0.3, 0.4) is 0 Å². The van der Waals surface area contributed by atoms with Crippen LogP contribution in [-0.2, 0) is 11.3 Å². The van der Waals surface area contributed by atoms with Crippen LogP contribution >= 0.6 is 0 Å². The monoisotopic (exact) mass is 332 g/mol. The molecule has 0 spiro atoms. The van der Waals surface area contributed by atoms with Crippen molar-refractivity contribution in [3.8, 4) is 0 Å². The van der Waals surface area contributed by atoms with Gasteiger partial charge in [-0.1, -0.05) is 51.1 Å². The molecule has 1 amide bonds. The quantitative estimate of drug-likeness (QED) is 0.891. The standard InChI is InChI=1S/C20H32N2O2/c1-15-12-17(21-18(23)24-19(2,3)4)22(14-20(15,5)6)13-16-10-8-7-9-11-16/h7-11,15,17H,12-14H2,1-6H3,(H,21,23)/t15-,17+/m1/s1. The Balaban J connectivity index is 2.11. The topological polar surface area (TPSA) is 41.6 Å². The molecule has 1 heterocycles. The van der Waals surface area contributed by atoms with Crippen LogP contribution in [-0.4, -0.2) is 29.3 Å². The first-order valence-electron chi connectivity index (χ1n) is 8.84. The van der Waals surface area contributed by atoms with Gasteiger partial charge in [0.1, 0.15) is 5.60 Å². The summed E-state index contributed by atoms with van der Waals surface area (Å²) in [5.74, 6) is 0.532. The number of hydrogen-bond acceptors (Lipinski definition) is 3. The fraction of sp³-hybridized carbons (Fsp3) is 0.650. The molecule has 134 valence electrons. The van der Waals surface area contributed by atoms with Gasteiger partial charge in [-0.05, 0) is 44.1 Å². The van der Waals surface area contributed by atoms with Crippen molar-refractivity contribution in [3.05, 3.63) is 35.9 Å². The Morgan fingerprint density at radius 3 is 2.50 bits per heavy atom. The highest BCUT2D eigenvalue weighted by molar-refractivity contribution is 5.68. The van der Waals surface area contributed by atoms with Crippen LogP contribution in [0.4, 0.5) is 4.79 Å². The summed E-state index contributed by atoms with van der Waals surface area (Å²) in [4.78, 5) is 14.6. The van der Waals surface area contributed by atoms with Crippen LogP contribution in [0, 0.1) is 11.3 Å². The summed E-state index contributed by atoms with van der Waals surface area (Å²) in [5.41, 5.74) is 1.01. The largest absolute Gasteiger partial charge is 0.444 e. The molecule has 4 nitrogen and oxygen atoms in total. The van der Waals surface area contributed by atoms with Gasteiger partial charge < -0.3 is 10.1 Å². The Morgan fingerprint density at radius 1 is 1.29 bits per heavy atom. The molecule has 1 aromatic rings. The Morgan fingerprint density at radius 2 is 1.92 bits per heavy atom. The highest BCUT2D eigenvalue weighted by Crippen LogP contribution is 2.37. The molecule has 0 saturated carbocycles. The minimum absolute atomic E-state index is 0.00285. The third-order valence-electron chi connectivity index (χ3n) is 4.87. The van der Waals surface area contributed by atoms with E-state index in [1.54, 1.807) is 0 Å². The molecule has 1 aliphatic rings. The number of likely N-dealkylation sites (tertiary alicyclic amines) is 1. The molecule has 2 atom stereocenters. The number of nitrogens with one attached hydrogen (secondary N) is 1. The summed E-state index contributed by atoms with van der Waals surface area (Å²) in [6.45, 7) is 14.3. The molecule has 0 aliphatic carbocycles. The van der Waals surface area contributed by atoms with Gasteiger partial charge in [-0.3, -0.25) is 4.90 Å². The Kier molecular flexibility index (Phi) is 5.59. The van der Waals surface area contributed by atoms with Crippen LogP contribution in [0.1, 0.15) is 53.5 Å². The van der Waals surface area contributed by atoms with Crippen molar-refractivity contribution in [1.29, 1.82) is 0 Å². The number of carbonyl (C=O) groups is 1. The summed E-state index contributed by atoms with van der Waals surface area (Å²) < 4.78 is 5.45. The molecule has 1 N–H and O–H groups in total. The van der Waals surface area contributed by atoms with Gasteiger partial charge in [0.15, 0.2) is 0 Å². The number of nitrogens with zero attached hydrogens (tertiary/aromatic N) is 1. The van der Waals surface area contributed by atoms with Crippen LogP contribution in [0.25, 0.3) is 0 Å². The normalized spacial score (nSPS) is 24.4. The number of rotatable bonds is 3. The molecular weight excluding hydrogens is 300 g/mol. The Labute approximate surface area is 146 Å². The first kappa shape index (κ1) is 18.8. The lowest BCUT2D eigenvalue weighted by Crippen LogP contribution is -2.57. The molecule has 1 aromatic carbocycles. The number of carbonyl (C=O) groups excluding carboxylic acids is 1. The second-order valence-electron chi connectivity index (χ2n) is 8.68. The molecule has 0 radical (unpaired) electrons. The molecule has 0 unspecified atom stereocenters. The van der Waals surface area contributed by atoms with Gasteiger partial charge in [0.05, 0.1) is 6.17 Å². The molecule has 1 fully saturated rings. The minimum atomic E-state index is -0.478. The van der Waals surface area contributed by atoms with Gasteiger partial charge in [-0.25, -0.2) is 4.79 Å². The van der Waals surface area contributed by atoms with Crippen LogP contribution < -0.4 is 5.32 Å². The fourth-order valence-electron chi connectivity index (χ4n) is 3.17. The maximum absolute atomic E-state index is 12.2. The van der Waals surface area contributed by atoms with Gasteiger partial charge in [0, 0.05) is 13.1 Å². The van der Waals surface area contributed by atoms with Gasteiger partial charge in [0.2, 0.25) is 0 Å². The maximum atomic E-state index is 12.2. The van der Waals surface area contributed by atoms with E-state index in [0.29, 0.717) is 5.92 Å². The van der Waals surface area contributed by atoms with Crippen molar-refractivity contribution in [2.75, 3.05) is 6.54 Å². The van der Waals surface area contributed by atoms with E-state index in [-0.39, 0.29) is 17.7 Å². The third-order valence-corrected chi connectivity index (χ3v) is 4.87. The average Bonchev–Trinajstić information content (AvgIpc) is 2.43. The first-order chi connectivity index (χ1) is 11.1. The number of alkyl carbamates (subject to hydrolysis) is 1. The SMILES string of the molecule is C[C@@H]1C[C@@H](NC(=O)OC(C)(C)C)N(Cc2ccccc2)CC1(C)C. The van der Waals surface area contributed by atoms with E-state index in [0.717, 1.165) is 19.5 Å². The van der Waals surface area contributed by atoms with Crippen LogP contribution in [0.15, 0.2) is 30.3 Å². The Bertz CT molecular complexity index is 549. The molecule has 24 heavy (non-hydrogen) atoms. The fourth-order valence-corrected chi connectivity index (χ4v) is 3.17. The van der Waals surface area contributed by atoms with Crippen LogP contribution in [0.2, 0.25) is 0 Å². The second kappa shape index (κ2) is 7.14. The van der Waals surface area contributed by atoms with E-state index in [2.05, 4.69) is 55.3 Å². The van der Waals surface area contributed by atoms with E-state index in [1.807, 2.05) is 26.8 Å². The molecule has 1 aliphatic heterocycles. The average molecular weight is 332 g/mol. The zero-order valence-corrected chi connectivity index (χ0v) is 15.9. The smallest absolute Gasteiger partial charge is 0.408 e. The van der Waals surface area contributed by atoms with Gasteiger partial charge in [-0.2, -0.15) is 0 Å². The van der Waals surface area contributed by atoms with Crippen LogP contribution in [0.5, 0.6) is 0 Å². The first-order valence-corrected chi connectivity index (χ1v) is 8.84. The van der Waals surface area contributed by atoms with Crippen molar-refractivity contribution >= 4 is 6.09 Å². The third kappa shape index (κ3) is 5.23. The molecule has 0 aromatic heterocycles. The summed E-state index contributed by atoms with van der Waals surface area (Å²) >= 11 is 0. The van der Waals surface area contributed by atoms with E-state index in [4.69, 9.17) is 4.74 Å². The van der Waals surface area contributed by atoms with E-state index in [9.17, 15) is 4.79 Å². The van der Waals surface area contributed by atoms with Crippen molar-refractivity contribution in [2.45, 2.75) is 66.3 Å². The highest BCUT2D eigenvalue weighted by Gasteiger charge is 2.39. The maximum Gasteiger partial charge on any atom is 0.408 e. The molecular formula is C20H32N2O2. The molecule has 2 rings (SSSR count).